The van der Waals surface area contributed by atoms with Gasteiger partial charge < -0.3 is 44.4 Å². The summed E-state index contributed by atoms with van der Waals surface area (Å²) in [6, 6.07) is 48.6. The number of nitrogens with zero attached hydrogens (tertiary/aromatic N) is 4. The third-order valence-electron chi connectivity index (χ3n) is 24.2. The number of ether oxygens (including phenoxy) is 3. The van der Waals surface area contributed by atoms with E-state index in [1.807, 2.05) is 118 Å². The number of hydrogen-bond donors (Lipinski definition) is 5. The molecule has 4 aliphatic rings. The van der Waals surface area contributed by atoms with Gasteiger partial charge in [-0.2, -0.15) is 35.1 Å². The molecule has 6 unspecified atom stereocenters. The second-order valence-electron chi connectivity index (χ2n) is 33.1. The summed E-state index contributed by atoms with van der Waals surface area (Å²) in [5, 5.41) is 4.08. The van der Waals surface area contributed by atoms with E-state index in [0.717, 1.165) is 179 Å². The molecule has 0 aliphatic heterocycles. The van der Waals surface area contributed by atoms with Gasteiger partial charge >= 0.3 is 33.6 Å². The molecule has 2 saturated carbocycles. The van der Waals surface area contributed by atoms with Crippen LogP contribution in [0, 0.1) is 35.1 Å². The lowest BCUT2D eigenvalue weighted by Gasteiger charge is -2.27. The number of alkyl halides is 10. The fourth-order valence-electron chi connectivity index (χ4n) is 16.6. The number of esters is 2. The van der Waals surface area contributed by atoms with E-state index >= 15 is 8.78 Å². The zero-order valence-electron chi connectivity index (χ0n) is 75.7. The Balaban J connectivity index is 0.000000275. The van der Waals surface area contributed by atoms with E-state index in [0.29, 0.717) is 31.7 Å². The maximum atomic E-state index is 15.0. The van der Waals surface area contributed by atoms with Crippen molar-refractivity contribution in [3.05, 3.63) is 238 Å². The molecular formula is C98H117F14N9O9S2+2. The molecule has 0 radical (unpaired) electrons. The second-order valence-corrected chi connectivity index (χ2v) is 36.6. The number of hydrogen-bond acceptors (Lipinski definition) is 15. The van der Waals surface area contributed by atoms with Gasteiger partial charge in [0.15, 0.2) is 46.6 Å². The highest BCUT2D eigenvalue weighted by Crippen LogP contribution is 2.43. The van der Waals surface area contributed by atoms with Crippen molar-refractivity contribution in [3.63, 3.8) is 0 Å². The predicted octanol–water partition coefficient (Wildman–Crippen LogP) is 17.5. The summed E-state index contributed by atoms with van der Waals surface area (Å²) < 4.78 is 257. The Morgan fingerprint density at radius 1 is 0.439 bits per heavy atom. The first-order valence-electron chi connectivity index (χ1n) is 44.9. The maximum Gasteiger partial charge on any atom is 0.512 e. The summed E-state index contributed by atoms with van der Waals surface area (Å²) in [6.07, 6.45) is 10.0. The number of sulfonamides is 2. The third-order valence-corrected chi connectivity index (χ3v) is 27.4. The van der Waals surface area contributed by atoms with Crippen molar-refractivity contribution in [2.75, 3.05) is 105 Å². The Bertz CT molecular complexity index is 5500. The normalized spacial score (nSPS) is 18.5. The molecule has 7 aromatic rings. The van der Waals surface area contributed by atoms with Crippen molar-refractivity contribution in [3.8, 4) is 5.75 Å². The van der Waals surface area contributed by atoms with Gasteiger partial charge in [0.05, 0.1) is 55.6 Å². The number of rotatable bonds is 39. The van der Waals surface area contributed by atoms with Crippen LogP contribution in [0.4, 0.5) is 84.2 Å². The molecule has 6 atom stereocenters. The van der Waals surface area contributed by atoms with Crippen molar-refractivity contribution >= 4 is 88.5 Å². The Labute approximate surface area is 763 Å². The molecule has 0 spiro atoms. The van der Waals surface area contributed by atoms with Crippen molar-refractivity contribution in [2.45, 2.75) is 193 Å². The number of fused-ring (bicyclic) bond motifs is 2. The van der Waals surface area contributed by atoms with E-state index in [-0.39, 0.29) is 65.3 Å². The van der Waals surface area contributed by atoms with Crippen molar-refractivity contribution in [2.24, 2.45) is 11.8 Å². The number of anilines is 4. The van der Waals surface area contributed by atoms with Crippen molar-refractivity contribution in [1.82, 2.24) is 14.8 Å². The Morgan fingerprint density at radius 3 is 1.14 bits per heavy atom. The van der Waals surface area contributed by atoms with Crippen LogP contribution in [-0.4, -0.2) is 173 Å². The first kappa shape index (κ1) is 104. The van der Waals surface area contributed by atoms with Crippen LogP contribution < -0.4 is 49.1 Å². The Hall–Kier alpha value is -10.4. The smallest absolute Gasteiger partial charge is 0.486 e. The van der Waals surface area contributed by atoms with Gasteiger partial charge in [0.1, 0.15) is 6.61 Å². The highest BCUT2D eigenvalue weighted by molar-refractivity contribution is 8.05. The van der Waals surface area contributed by atoms with Crippen LogP contribution in [0.3, 0.4) is 0 Å². The van der Waals surface area contributed by atoms with Crippen molar-refractivity contribution < 1.29 is 112 Å². The van der Waals surface area contributed by atoms with Crippen molar-refractivity contribution in [1.29, 1.82) is 0 Å². The van der Waals surface area contributed by atoms with Gasteiger partial charge in [0.2, 0.25) is 23.1 Å². The molecule has 11 rings (SSSR count). The molecule has 716 valence electrons. The Morgan fingerprint density at radius 2 is 0.788 bits per heavy atom. The fraction of sp³-hybridized carbons (Fsp3) is 0.449. The van der Waals surface area contributed by atoms with E-state index in [9.17, 15) is 79.1 Å². The molecule has 0 saturated heterocycles. The SMILES string of the molecule is CCC(C)C(=O)OC1CCCCC1[NH+]=C1C=CC(=C(c2ccc(N(CC)CC)cc2)c2ccc(N(CC)CCNCC(F)(F)CC(F)(F)CNCC(F)(F)F)cc2)c2ccccc21.CCC(C)C(=O)OC1CCCCC1[NH+]=C1C=CC(=C(c2ccc(N(CC)CC)cc2)c2ccc(N(CC)CCOc3c(F)c(F)c(S(=O)(=O)NS(=O)(=O)C(F)(F)F)c(F)c3F)cc2)c2ccccc21. The fourth-order valence-corrected chi connectivity index (χ4v) is 19.1. The van der Waals surface area contributed by atoms with Crippen LogP contribution in [0.25, 0.3) is 22.3 Å². The summed E-state index contributed by atoms with van der Waals surface area (Å²) >= 11 is 0. The summed E-state index contributed by atoms with van der Waals surface area (Å²) in [7, 11) is -13.1. The van der Waals surface area contributed by atoms with E-state index in [4.69, 9.17) is 14.2 Å². The van der Waals surface area contributed by atoms with Gasteiger partial charge in [-0.3, -0.25) is 9.59 Å². The van der Waals surface area contributed by atoms with E-state index in [1.54, 1.807) is 11.8 Å². The first-order valence-corrected chi connectivity index (χ1v) is 47.8. The zero-order valence-corrected chi connectivity index (χ0v) is 77.3. The lowest BCUT2D eigenvalue weighted by Crippen LogP contribution is -2.83. The second kappa shape index (κ2) is 46.0. The quantitative estimate of drug-likeness (QED) is 0.0105. The van der Waals surface area contributed by atoms with Gasteiger partial charge in [0.25, 0.3) is 21.9 Å². The minimum atomic E-state index is -6.76. The van der Waals surface area contributed by atoms with Crippen LogP contribution in [0.5, 0.6) is 5.75 Å². The van der Waals surface area contributed by atoms with Crippen LogP contribution in [0.15, 0.2) is 175 Å². The lowest BCUT2D eigenvalue weighted by atomic mass is 9.83. The zero-order chi connectivity index (χ0) is 96.2. The number of benzene rings is 7. The average molecular weight is 1900 g/mol. The van der Waals surface area contributed by atoms with Gasteiger partial charge in [0, 0.05) is 100 Å². The highest BCUT2D eigenvalue weighted by Gasteiger charge is 2.51. The molecule has 0 heterocycles. The molecule has 132 heavy (non-hydrogen) atoms. The summed E-state index contributed by atoms with van der Waals surface area (Å²) in [5.74, 6) is -20.5. The molecule has 34 heteroatoms. The van der Waals surface area contributed by atoms with Crippen LogP contribution in [-0.2, 0) is 39.1 Å². The number of halogens is 14. The maximum absolute atomic E-state index is 15.0. The molecular weight excluding hydrogens is 1780 g/mol. The number of carbonyl (C=O) groups excluding carboxylic acids is 2. The first-order chi connectivity index (χ1) is 62.6. The third kappa shape index (κ3) is 26.4. The Kier molecular flexibility index (Phi) is 36.1. The molecule has 7 aromatic carbocycles. The minimum absolute atomic E-state index is 0.0234. The minimum Gasteiger partial charge on any atom is -0.486 e. The molecule has 0 aromatic heterocycles. The molecule has 2 fully saturated rings. The number of nitrogens with one attached hydrogen (secondary N) is 5. The molecule has 4 aliphatic carbocycles. The van der Waals surface area contributed by atoms with E-state index in [2.05, 4.69) is 144 Å². The average Bonchev–Trinajstić information content (AvgIpc) is 0.759. The summed E-state index contributed by atoms with van der Waals surface area (Å²) in [4.78, 5) is 38.8. The predicted molar refractivity (Wildman–Crippen MR) is 488 cm³/mol. The largest absolute Gasteiger partial charge is 0.512 e. The molecule has 5 N–H and O–H groups in total. The van der Waals surface area contributed by atoms with Gasteiger partial charge in [-0.05, 0) is 221 Å². The van der Waals surface area contributed by atoms with Crippen LogP contribution >= 0.6 is 0 Å². The molecule has 18 nitrogen and oxygen atoms in total. The number of allylic oxidation sites excluding steroid dienone is 6. The van der Waals surface area contributed by atoms with Crippen LogP contribution in [0.2, 0.25) is 0 Å². The highest BCUT2D eigenvalue weighted by atomic mass is 32.3. The van der Waals surface area contributed by atoms with Crippen LogP contribution in [0.1, 0.15) is 184 Å². The number of carbonyl (C=O) groups is 2. The van der Waals surface area contributed by atoms with Gasteiger partial charge in [-0.15, -0.1) is 0 Å². The summed E-state index contributed by atoms with van der Waals surface area (Å²) in [6.45, 7) is 19.5. The molecule has 0 amide bonds. The van der Waals surface area contributed by atoms with Gasteiger partial charge in [-0.1, -0.05) is 117 Å². The van der Waals surface area contributed by atoms with E-state index in [1.165, 1.54) is 5.32 Å². The number of likely N-dealkylation sites (N-methyl/N-ethyl adjacent to an activating group) is 2. The standard InChI is InChI=1S/C49H62F7N5O2.C49H53F7N4O7S2/c1-6-34(5)46(62)63-44-17-13-12-16-43(44)59-42-27-26-41(39-14-10-11-15-40(39)42)45(35-18-22-37(23-19-35)60(7-2)8-3)36-20-24-38(25-21-36)61(9-4)29-28-57-31-47(50,51)30-48(52,53)32-58-33-49(54,55)56;1-6-30(5)48(61)67-40-17-13-12-16-39(40)57-38-27-26-37(35-14-10-11-15-36(35)38)41(31-18-22-33(23-19-31)59(7-2)8-3)32-20-24-34(25-21-32)60(9-4)28-29-66-46-42(50)44(52)47(45(53)43(46)51)68(62,63)58-69(64,65)49(54,55)56/h10-11,14-15,18-27,34,43-44,57-58H,6-9,12-13,16-17,28-33H2,1-5H3;10-11,14-15,18-27,30,39-40,58H,6-9,12-13,16-17,28-29H2,1-5H3/p+2. The molecule has 0 bridgehead atoms. The lowest BCUT2D eigenvalue weighted by molar-refractivity contribution is -0.519. The summed E-state index contributed by atoms with van der Waals surface area (Å²) in [5.41, 5.74) is 10.9. The monoisotopic (exact) mass is 1890 g/mol. The van der Waals surface area contributed by atoms with E-state index < -0.39 is 110 Å². The topological polar surface area (TPSA) is 207 Å². The van der Waals surface area contributed by atoms with Gasteiger partial charge in [-0.25, -0.2) is 53.2 Å².